The second kappa shape index (κ2) is 8.93. The second-order valence-corrected chi connectivity index (χ2v) is 8.58. The number of nitrogens with one attached hydrogen (secondary N) is 2. The largest absolute Gasteiger partial charge is 0.492 e. The third-order valence-electron chi connectivity index (χ3n) is 4.40. The van der Waals surface area contributed by atoms with Crippen LogP contribution in [0.15, 0.2) is 12.1 Å². The number of fused-ring (bicyclic) bond motifs is 3. The van der Waals surface area contributed by atoms with Crippen molar-refractivity contribution in [2.45, 2.75) is 33.3 Å². The van der Waals surface area contributed by atoms with E-state index in [1.165, 1.54) is 0 Å². The van der Waals surface area contributed by atoms with Crippen molar-refractivity contribution >= 4 is 37.8 Å². The Balaban J connectivity index is 2.04. The van der Waals surface area contributed by atoms with Crippen LogP contribution in [0.2, 0.25) is 0 Å². The van der Waals surface area contributed by atoms with Crippen LogP contribution in [0.5, 0.6) is 5.75 Å². The van der Waals surface area contributed by atoms with Crippen molar-refractivity contribution in [1.29, 1.82) is 0 Å². The molecule has 3 aromatic rings. The summed E-state index contributed by atoms with van der Waals surface area (Å²) in [4.78, 5) is 12.4. The van der Waals surface area contributed by atoms with Gasteiger partial charge >= 0.3 is 0 Å². The lowest BCUT2D eigenvalue weighted by atomic mass is 10.0. The molecular weight excluding hydrogens is 394 g/mol. The summed E-state index contributed by atoms with van der Waals surface area (Å²) in [5.41, 5.74) is 9.30. The highest BCUT2D eigenvalue weighted by Gasteiger charge is 2.18. The number of imidazole rings is 1. The minimum Gasteiger partial charge on any atom is -0.492 e. The van der Waals surface area contributed by atoms with Crippen LogP contribution in [-0.4, -0.2) is 49.4 Å². The molecule has 0 aliphatic rings. The van der Waals surface area contributed by atoms with Gasteiger partial charge in [-0.3, -0.25) is 0 Å². The maximum absolute atomic E-state index is 11.2. The maximum Gasteiger partial charge on any atom is 0.208 e. The first kappa shape index (κ1) is 21.3. The molecule has 0 bridgehead atoms. The Hall–Kier alpha value is -2.43. The van der Waals surface area contributed by atoms with E-state index in [1.54, 1.807) is 0 Å². The van der Waals surface area contributed by atoms with E-state index < -0.39 is 10.0 Å². The number of ether oxygens (including phenoxy) is 2. The molecular formula is C19H27N5O4S. The second-order valence-electron chi connectivity index (χ2n) is 6.74. The van der Waals surface area contributed by atoms with Crippen LogP contribution < -0.4 is 15.2 Å². The lowest BCUT2D eigenvalue weighted by Crippen LogP contribution is -2.27. The van der Waals surface area contributed by atoms with Gasteiger partial charge in [-0.1, -0.05) is 13.3 Å². The van der Waals surface area contributed by atoms with Gasteiger partial charge in [0.1, 0.15) is 41.6 Å². The summed E-state index contributed by atoms with van der Waals surface area (Å²) in [5.74, 6) is 1.77. The molecule has 9 nitrogen and oxygen atoms in total. The molecule has 4 N–H and O–H groups in total. The number of aromatic nitrogens is 3. The number of hydrogen-bond donors (Lipinski definition) is 3. The minimum absolute atomic E-state index is 0.193. The molecule has 1 aromatic carbocycles. The van der Waals surface area contributed by atoms with Crippen LogP contribution in [0.3, 0.4) is 0 Å². The maximum atomic E-state index is 11.2. The smallest absolute Gasteiger partial charge is 0.208 e. The first-order chi connectivity index (χ1) is 13.8. The zero-order valence-corrected chi connectivity index (χ0v) is 17.7. The lowest BCUT2D eigenvalue weighted by molar-refractivity contribution is 0.129. The molecule has 2 aromatic heterocycles. The zero-order valence-electron chi connectivity index (χ0n) is 16.9. The summed E-state index contributed by atoms with van der Waals surface area (Å²) in [6, 6.07) is 3.69. The van der Waals surface area contributed by atoms with Crippen molar-refractivity contribution in [3.8, 4) is 5.75 Å². The number of aryl methyl sites for hydroxylation is 1. The van der Waals surface area contributed by atoms with Gasteiger partial charge in [0.15, 0.2) is 0 Å². The van der Waals surface area contributed by atoms with Crippen LogP contribution in [0.1, 0.15) is 31.7 Å². The molecule has 3 rings (SSSR count). The van der Waals surface area contributed by atoms with Crippen LogP contribution in [-0.2, 0) is 27.8 Å². The summed E-state index contributed by atoms with van der Waals surface area (Å²) in [5, 5.41) is 0.892. The highest BCUT2D eigenvalue weighted by molar-refractivity contribution is 7.88. The number of aromatic amines is 1. The first-order valence-corrected chi connectivity index (χ1v) is 11.5. The standard InChI is InChI=1S/C19H27N5O4S/c1-4-6-12-14(28-10-9-21-29(3,25)26)8-7-13-16(12)17-18(19(20)22-13)24-15(23-17)11-27-5-2/h7-8,21H,4-6,9-11H2,1-3H3,(H2,20,22)(H,23,24). The highest BCUT2D eigenvalue weighted by atomic mass is 32.2. The Kier molecular flexibility index (Phi) is 6.56. The van der Waals surface area contributed by atoms with E-state index >= 15 is 0 Å². The van der Waals surface area contributed by atoms with Crippen molar-refractivity contribution in [2.75, 3.05) is 31.7 Å². The van der Waals surface area contributed by atoms with Crippen LogP contribution >= 0.6 is 0 Å². The summed E-state index contributed by atoms with van der Waals surface area (Å²) in [6.07, 6.45) is 2.79. The van der Waals surface area contributed by atoms with Crippen molar-refractivity contribution in [3.05, 3.63) is 23.5 Å². The Labute approximate surface area is 170 Å². The van der Waals surface area contributed by atoms with Crippen molar-refractivity contribution in [2.24, 2.45) is 0 Å². The summed E-state index contributed by atoms with van der Waals surface area (Å²) >= 11 is 0. The van der Waals surface area contributed by atoms with Gasteiger partial charge < -0.3 is 20.2 Å². The number of hydrogen-bond acceptors (Lipinski definition) is 7. The number of nitrogens with two attached hydrogens (primary N) is 1. The average Bonchev–Trinajstić information content (AvgIpc) is 3.09. The zero-order chi connectivity index (χ0) is 21.0. The van der Waals surface area contributed by atoms with Crippen LogP contribution in [0, 0.1) is 0 Å². The quantitative estimate of drug-likeness (QED) is 0.427. The molecule has 0 fully saturated rings. The lowest BCUT2D eigenvalue weighted by Gasteiger charge is -2.14. The topological polar surface area (TPSA) is 132 Å². The van der Waals surface area contributed by atoms with E-state index in [0.717, 1.165) is 41.1 Å². The van der Waals surface area contributed by atoms with Gasteiger partial charge in [-0.2, -0.15) is 0 Å². The van der Waals surface area contributed by atoms with Gasteiger partial charge in [0, 0.05) is 24.1 Å². The molecule has 0 saturated carbocycles. The minimum atomic E-state index is -3.25. The number of nitrogens with zero attached hydrogens (tertiary/aromatic N) is 2. The molecule has 0 amide bonds. The van der Waals surface area contributed by atoms with Gasteiger partial charge in [-0.05, 0) is 25.5 Å². The summed E-state index contributed by atoms with van der Waals surface area (Å²) < 4.78 is 36.3. The molecule has 0 spiro atoms. The van der Waals surface area contributed by atoms with Crippen molar-refractivity contribution < 1.29 is 17.9 Å². The Morgan fingerprint density at radius 2 is 2.03 bits per heavy atom. The number of H-pyrrole nitrogens is 1. The van der Waals surface area contributed by atoms with Gasteiger partial charge in [0.2, 0.25) is 10.0 Å². The SMILES string of the molecule is CCCc1c(OCCNS(C)(=O)=O)ccc2nc(N)c3[nH]c(COCC)nc3c12. The Morgan fingerprint density at radius 3 is 2.72 bits per heavy atom. The molecule has 0 saturated heterocycles. The summed E-state index contributed by atoms with van der Waals surface area (Å²) in [7, 11) is -3.25. The van der Waals surface area contributed by atoms with Gasteiger partial charge in [0.05, 0.1) is 11.8 Å². The highest BCUT2D eigenvalue weighted by Crippen LogP contribution is 2.34. The molecule has 29 heavy (non-hydrogen) atoms. The molecule has 0 aliphatic heterocycles. The molecule has 158 valence electrons. The number of benzene rings is 1. The molecule has 0 unspecified atom stereocenters. The predicted octanol–water partition coefficient (Wildman–Crippen LogP) is 2.11. The number of sulfonamides is 1. The molecule has 10 heteroatoms. The number of rotatable bonds is 10. The third kappa shape index (κ3) is 4.95. The fourth-order valence-corrected chi connectivity index (χ4v) is 3.69. The van der Waals surface area contributed by atoms with Gasteiger partial charge in [-0.25, -0.2) is 23.1 Å². The van der Waals surface area contributed by atoms with E-state index in [-0.39, 0.29) is 13.2 Å². The summed E-state index contributed by atoms with van der Waals surface area (Å²) in [6.45, 7) is 5.38. The van der Waals surface area contributed by atoms with Crippen molar-refractivity contribution in [3.63, 3.8) is 0 Å². The van der Waals surface area contributed by atoms with E-state index in [1.807, 2.05) is 19.1 Å². The van der Waals surface area contributed by atoms with E-state index in [2.05, 4.69) is 21.6 Å². The number of nitrogen functional groups attached to an aromatic ring is 1. The fraction of sp³-hybridized carbons (Fsp3) is 0.474. The normalized spacial score (nSPS) is 12.1. The Morgan fingerprint density at radius 1 is 1.24 bits per heavy atom. The van der Waals surface area contributed by atoms with Crippen molar-refractivity contribution in [1.82, 2.24) is 19.7 Å². The molecule has 0 aliphatic carbocycles. The first-order valence-electron chi connectivity index (χ1n) is 9.58. The van der Waals surface area contributed by atoms with Gasteiger partial charge in [0.25, 0.3) is 0 Å². The van der Waals surface area contributed by atoms with E-state index in [4.69, 9.17) is 20.2 Å². The fourth-order valence-electron chi connectivity index (χ4n) is 3.24. The van der Waals surface area contributed by atoms with E-state index in [9.17, 15) is 8.42 Å². The molecule has 0 radical (unpaired) electrons. The number of pyridine rings is 1. The van der Waals surface area contributed by atoms with Gasteiger partial charge in [-0.15, -0.1) is 0 Å². The molecule has 0 atom stereocenters. The van der Waals surface area contributed by atoms with E-state index in [0.29, 0.717) is 36.1 Å². The monoisotopic (exact) mass is 421 g/mol. The van der Waals surface area contributed by atoms with Crippen LogP contribution in [0.25, 0.3) is 21.9 Å². The third-order valence-corrected chi connectivity index (χ3v) is 5.13. The average molecular weight is 422 g/mol. The number of anilines is 1. The van der Waals surface area contributed by atoms with Crippen LogP contribution in [0.4, 0.5) is 5.82 Å². The molecule has 2 heterocycles. The predicted molar refractivity (Wildman–Crippen MR) is 113 cm³/mol. The Bertz CT molecular complexity index is 1110.